The normalized spacial score (nSPS) is 19.1. The number of hydrogen-bond acceptors (Lipinski definition) is 3. The van der Waals surface area contributed by atoms with Crippen LogP contribution in [0.1, 0.15) is 12.0 Å². The Bertz CT molecular complexity index is 428. The summed E-state index contributed by atoms with van der Waals surface area (Å²) in [5.74, 6) is -0.881. The average Bonchev–Trinajstić information content (AvgIpc) is 2.66. The summed E-state index contributed by atoms with van der Waals surface area (Å²) < 4.78 is 0. The second-order valence-corrected chi connectivity index (χ2v) is 4.10. The van der Waals surface area contributed by atoms with E-state index in [4.69, 9.17) is 16.7 Å². The molecule has 84 valence electrons. The molecule has 1 aromatic rings. The number of hydrazone groups is 1. The van der Waals surface area contributed by atoms with Crippen LogP contribution in [0, 0.1) is 5.92 Å². The third kappa shape index (κ3) is 2.33. The van der Waals surface area contributed by atoms with Gasteiger partial charge in [0, 0.05) is 17.5 Å². The second kappa shape index (κ2) is 4.53. The molecule has 0 unspecified atom stereocenters. The highest BCUT2D eigenvalue weighted by atomic mass is 35.5. The summed E-state index contributed by atoms with van der Waals surface area (Å²) in [4.78, 5) is 10.7. The van der Waals surface area contributed by atoms with Crippen LogP contribution in [0.3, 0.4) is 0 Å². The van der Waals surface area contributed by atoms with E-state index >= 15 is 0 Å². The van der Waals surface area contributed by atoms with Crippen molar-refractivity contribution >= 4 is 23.3 Å². The van der Waals surface area contributed by atoms with Crippen molar-refractivity contribution in [1.82, 2.24) is 5.43 Å². The fraction of sp³-hybridized carbons (Fsp3) is 0.273. The molecule has 1 heterocycles. The molecule has 4 nitrogen and oxygen atoms in total. The average molecular weight is 239 g/mol. The summed E-state index contributed by atoms with van der Waals surface area (Å²) in [5, 5.41) is 13.6. The minimum absolute atomic E-state index is 0.0707. The van der Waals surface area contributed by atoms with E-state index in [1.54, 1.807) is 12.1 Å². The lowest BCUT2D eigenvalue weighted by Crippen LogP contribution is -2.20. The molecule has 0 fully saturated rings. The third-order valence-electron chi connectivity index (χ3n) is 2.48. The van der Waals surface area contributed by atoms with Crippen molar-refractivity contribution in [3.63, 3.8) is 0 Å². The molecule has 1 aliphatic heterocycles. The number of rotatable bonds is 3. The Kier molecular flexibility index (Phi) is 3.10. The van der Waals surface area contributed by atoms with Gasteiger partial charge in [0.25, 0.3) is 0 Å². The van der Waals surface area contributed by atoms with Gasteiger partial charge in [0.05, 0.1) is 12.1 Å². The fourth-order valence-corrected chi connectivity index (χ4v) is 1.86. The first-order valence-corrected chi connectivity index (χ1v) is 5.33. The van der Waals surface area contributed by atoms with E-state index in [1.165, 1.54) is 0 Å². The van der Waals surface area contributed by atoms with Gasteiger partial charge in [0.1, 0.15) is 0 Å². The molecule has 16 heavy (non-hydrogen) atoms. The number of nitrogens with one attached hydrogen (secondary N) is 1. The number of carboxylic acid groups (broad SMARTS) is 1. The molecule has 1 aromatic carbocycles. The predicted octanol–water partition coefficient (Wildman–Crippen LogP) is 1.74. The van der Waals surface area contributed by atoms with Crippen LogP contribution in [0.5, 0.6) is 0 Å². The van der Waals surface area contributed by atoms with E-state index in [-0.39, 0.29) is 12.3 Å². The maximum absolute atomic E-state index is 10.7. The molecule has 0 amide bonds. The van der Waals surface area contributed by atoms with E-state index in [9.17, 15) is 4.79 Å². The maximum Gasteiger partial charge on any atom is 0.304 e. The number of carbonyl (C=O) groups is 1. The highest BCUT2D eigenvalue weighted by molar-refractivity contribution is 6.30. The Morgan fingerprint density at radius 2 is 2.19 bits per heavy atom. The number of aliphatic carboxylic acids is 1. The quantitative estimate of drug-likeness (QED) is 0.843. The van der Waals surface area contributed by atoms with Gasteiger partial charge in [-0.15, -0.1) is 0 Å². The minimum atomic E-state index is -0.810. The summed E-state index contributed by atoms with van der Waals surface area (Å²) in [6.45, 7) is 0.574. The van der Waals surface area contributed by atoms with Crippen molar-refractivity contribution in [2.45, 2.75) is 6.42 Å². The molecule has 1 aliphatic rings. The summed E-state index contributed by atoms with van der Waals surface area (Å²) in [7, 11) is 0. The lowest BCUT2D eigenvalue weighted by molar-refractivity contribution is -0.137. The summed E-state index contributed by atoms with van der Waals surface area (Å²) in [5.41, 5.74) is 4.54. The first-order valence-electron chi connectivity index (χ1n) is 4.95. The van der Waals surface area contributed by atoms with Gasteiger partial charge in [-0.3, -0.25) is 4.79 Å². The summed E-state index contributed by atoms with van der Waals surface area (Å²) in [6, 6.07) is 7.25. The number of nitrogens with zero attached hydrogens (tertiary/aromatic N) is 1. The van der Waals surface area contributed by atoms with Crippen LogP contribution < -0.4 is 5.43 Å². The Morgan fingerprint density at radius 1 is 1.50 bits per heavy atom. The Labute approximate surface area is 97.9 Å². The third-order valence-corrected chi connectivity index (χ3v) is 2.74. The molecule has 0 saturated heterocycles. The first-order chi connectivity index (χ1) is 7.66. The van der Waals surface area contributed by atoms with Gasteiger partial charge >= 0.3 is 5.97 Å². The number of benzene rings is 1. The lowest BCUT2D eigenvalue weighted by atomic mass is 9.95. The second-order valence-electron chi connectivity index (χ2n) is 3.66. The van der Waals surface area contributed by atoms with Crippen molar-refractivity contribution in [3.8, 4) is 0 Å². The van der Waals surface area contributed by atoms with E-state index in [1.807, 2.05) is 12.1 Å². The van der Waals surface area contributed by atoms with Gasteiger partial charge < -0.3 is 10.5 Å². The van der Waals surface area contributed by atoms with Crippen molar-refractivity contribution in [3.05, 3.63) is 34.9 Å². The van der Waals surface area contributed by atoms with Crippen LogP contribution in [0.25, 0.3) is 0 Å². The molecular weight excluding hydrogens is 228 g/mol. The molecule has 2 N–H and O–H groups in total. The zero-order chi connectivity index (χ0) is 11.5. The molecule has 0 aromatic heterocycles. The van der Waals surface area contributed by atoms with Crippen LogP contribution in [-0.4, -0.2) is 23.3 Å². The highest BCUT2D eigenvalue weighted by Crippen LogP contribution is 2.19. The predicted molar refractivity (Wildman–Crippen MR) is 61.7 cm³/mol. The van der Waals surface area contributed by atoms with Gasteiger partial charge in [0.15, 0.2) is 0 Å². The Hall–Kier alpha value is -1.55. The van der Waals surface area contributed by atoms with Crippen LogP contribution >= 0.6 is 11.6 Å². The smallest absolute Gasteiger partial charge is 0.304 e. The zero-order valence-electron chi connectivity index (χ0n) is 8.48. The van der Waals surface area contributed by atoms with Crippen LogP contribution in [0.4, 0.5) is 0 Å². The minimum Gasteiger partial charge on any atom is -0.481 e. The maximum atomic E-state index is 10.7. The fourth-order valence-electron chi connectivity index (χ4n) is 1.73. The largest absolute Gasteiger partial charge is 0.481 e. The van der Waals surface area contributed by atoms with Gasteiger partial charge in [0.2, 0.25) is 0 Å². The topological polar surface area (TPSA) is 61.7 Å². The number of hydrogen-bond donors (Lipinski definition) is 2. The molecule has 0 saturated carbocycles. The molecule has 2 rings (SSSR count). The van der Waals surface area contributed by atoms with Crippen LogP contribution in [-0.2, 0) is 4.79 Å². The SMILES string of the molecule is O=C(O)C[C@H]1CNN=C1c1ccc(Cl)cc1. The van der Waals surface area contributed by atoms with Crippen LogP contribution in [0.15, 0.2) is 29.4 Å². The summed E-state index contributed by atoms with van der Waals surface area (Å²) in [6.07, 6.45) is 0.0917. The van der Waals surface area contributed by atoms with E-state index in [2.05, 4.69) is 10.5 Å². The van der Waals surface area contributed by atoms with E-state index < -0.39 is 5.97 Å². The van der Waals surface area contributed by atoms with Gasteiger partial charge in [-0.05, 0) is 17.7 Å². The van der Waals surface area contributed by atoms with Gasteiger partial charge in [-0.2, -0.15) is 5.10 Å². The molecule has 0 aliphatic carbocycles. The van der Waals surface area contributed by atoms with E-state index in [0.29, 0.717) is 11.6 Å². The van der Waals surface area contributed by atoms with Gasteiger partial charge in [-0.25, -0.2) is 0 Å². The summed E-state index contributed by atoms with van der Waals surface area (Å²) >= 11 is 5.79. The number of carboxylic acids is 1. The Balaban J connectivity index is 2.19. The van der Waals surface area contributed by atoms with Crippen molar-refractivity contribution in [1.29, 1.82) is 0 Å². The molecule has 0 spiro atoms. The van der Waals surface area contributed by atoms with Gasteiger partial charge in [-0.1, -0.05) is 23.7 Å². The molecule has 0 radical (unpaired) electrons. The monoisotopic (exact) mass is 238 g/mol. The standard InChI is InChI=1S/C11H11ClN2O2/c12-9-3-1-7(2-4-9)11-8(5-10(15)16)6-13-14-11/h1-4,8,13H,5-6H2,(H,15,16)/t8-/m0/s1. The van der Waals surface area contributed by atoms with Crippen molar-refractivity contribution < 1.29 is 9.90 Å². The zero-order valence-corrected chi connectivity index (χ0v) is 9.24. The first kappa shape index (κ1) is 11.0. The molecular formula is C11H11ClN2O2. The Morgan fingerprint density at radius 3 is 2.81 bits per heavy atom. The molecule has 0 bridgehead atoms. The molecule has 5 heteroatoms. The number of halogens is 1. The van der Waals surface area contributed by atoms with E-state index in [0.717, 1.165) is 11.3 Å². The highest BCUT2D eigenvalue weighted by Gasteiger charge is 2.24. The van der Waals surface area contributed by atoms with Crippen LogP contribution in [0.2, 0.25) is 5.02 Å². The van der Waals surface area contributed by atoms with Crippen molar-refractivity contribution in [2.75, 3.05) is 6.54 Å². The lowest BCUT2D eigenvalue weighted by Gasteiger charge is -2.08. The van der Waals surface area contributed by atoms with Crippen molar-refractivity contribution in [2.24, 2.45) is 11.0 Å². The molecule has 1 atom stereocenters.